The third-order valence-corrected chi connectivity index (χ3v) is 4.55. The maximum absolute atomic E-state index is 12.0. The second kappa shape index (κ2) is 8.52. The van der Waals surface area contributed by atoms with Gasteiger partial charge in [0.2, 0.25) is 5.91 Å². The minimum absolute atomic E-state index is 0.0365. The van der Waals surface area contributed by atoms with Gasteiger partial charge in [0.1, 0.15) is 5.75 Å². The molecule has 1 aliphatic heterocycles. The number of amides is 2. The van der Waals surface area contributed by atoms with E-state index in [0.717, 1.165) is 25.1 Å². The molecule has 0 unspecified atom stereocenters. The first-order chi connectivity index (χ1) is 12.6. The van der Waals surface area contributed by atoms with Gasteiger partial charge in [-0.1, -0.05) is 30.3 Å². The molecule has 2 amide bonds. The summed E-state index contributed by atoms with van der Waals surface area (Å²) in [5.41, 5.74) is 3.29. The summed E-state index contributed by atoms with van der Waals surface area (Å²) < 4.78 is 5.58. The summed E-state index contributed by atoms with van der Waals surface area (Å²) in [6.07, 6.45) is 2.27. The third kappa shape index (κ3) is 4.63. The van der Waals surface area contributed by atoms with Crippen molar-refractivity contribution >= 4 is 17.5 Å². The molecule has 1 aliphatic rings. The Morgan fingerprint density at radius 3 is 2.81 bits per heavy atom. The van der Waals surface area contributed by atoms with E-state index in [0.29, 0.717) is 18.7 Å². The highest BCUT2D eigenvalue weighted by atomic mass is 16.5. The average molecular weight is 352 g/mol. The standard InChI is InChI=1S/C21H24N2O3/c1-16-6-2-3-7-17(16)11-12-22-20(24)15-26-19-9-4-8-18(14-19)23-13-5-10-21(23)25/h2-4,6-9,14H,5,10-13,15H2,1H3,(H,22,24). The molecule has 5 heteroatoms. The maximum Gasteiger partial charge on any atom is 0.257 e. The molecule has 1 fully saturated rings. The molecule has 3 rings (SSSR count). The number of anilines is 1. The van der Waals surface area contributed by atoms with Crippen molar-refractivity contribution in [3.63, 3.8) is 0 Å². The molecule has 1 N–H and O–H groups in total. The van der Waals surface area contributed by atoms with Crippen molar-refractivity contribution in [2.45, 2.75) is 26.2 Å². The first-order valence-electron chi connectivity index (χ1n) is 8.98. The van der Waals surface area contributed by atoms with Crippen LogP contribution in [0.15, 0.2) is 48.5 Å². The minimum atomic E-state index is -0.152. The SMILES string of the molecule is Cc1ccccc1CCNC(=O)COc1cccc(N2CCCC2=O)c1. The Hall–Kier alpha value is -2.82. The van der Waals surface area contributed by atoms with Crippen molar-refractivity contribution in [2.75, 3.05) is 24.6 Å². The van der Waals surface area contributed by atoms with Gasteiger partial charge in [-0.25, -0.2) is 0 Å². The highest BCUT2D eigenvalue weighted by Crippen LogP contribution is 2.25. The zero-order valence-electron chi connectivity index (χ0n) is 15.0. The molecule has 2 aromatic carbocycles. The summed E-state index contributed by atoms with van der Waals surface area (Å²) in [7, 11) is 0. The maximum atomic E-state index is 12.0. The highest BCUT2D eigenvalue weighted by Gasteiger charge is 2.21. The Kier molecular flexibility index (Phi) is 5.89. The van der Waals surface area contributed by atoms with Gasteiger partial charge in [-0.2, -0.15) is 0 Å². The molecule has 26 heavy (non-hydrogen) atoms. The summed E-state index contributed by atoms with van der Waals surface area (Å²) in [6, 6.07) is 15.5. The molecule has 0 radical (unpaired) electrons. The van der Waals surface area contributed by atoms with Crippen LogP contribution in [-0.2, 0) is 16.0 Å². The van der Waals surface area contributed by atoms with Crippen LogP contribution >= 0.6 is 0 Å². The van der Waals surface area contributed by atoms with Gasteiger partial charge in [0.25, 0.3) is 5.91 Å². The summed E-state index contributed by atoms with van der Waals surface area (Å²) in [5, 5.41) is 2.88. The van der Waals surface area contributed by atoms with Gasteiger partial charge < -0.3 is 15.0 Å². The Balaban J connectivity index is 1.46. The zero-order chi connectivity index (χ0) is 18.4. The summed E-state index contributed by atoms with van der Waals surface area (Å²) in [6.45, 7) is 3.35. The molecule has 0 saturated carbocycles. The highest BCUT2D eigenvalue weighted by molar-refractivity contribution is 5.95. The van der Waals surface area contributed by atoms with Gasteiger partial charge in [0, 0.05) is 31.3 Å². The lowest BCUT2D eigenvalue weighted by molar-refractivity contribution is -0.123. The van der Waals surface area contributed by atoms with Crippen LogP contribution in [0.4, 0.5) is 5.69 Å². The van der Waals surface area contributed by atoms with Crippen LogP contribution in [0.25, 0.3) is 0 Å². The number of nitrogens with zero attached hydrogens (tertiary/aromatic N) is 1. The van der Waals surface area contributed by atoms with E-state index in [9.17, 15) is 9.59 Å². The van der Waals surface area contributed by atoms with Gasteiger partial charge in [0.15, 0.2) is 6.61 Å². The number of nitrogens with one attached hydrogen (secondary N) is 1. The Morgan fingerprint density at radius 2 is 2.04 bits per heavy atom. The van der Waals surface area contributed by atoms with Gasteiger partial charge in [-0.15, -0.1) is 0 Å². The molecular formula is C21H24N2O3. The molecule has 1 heterocycles. The van der Waals surface area contributed by atoms with E-state index in [4.69, 9.17) is 4.74 Å². The molecule has 0 atom stereocenters. The molecule has 0 aromatic heterocycles. The van der Waals surface area contributed by atoms with E-state index in [2.05, 4.69) is 24.4 Å². The topological polar surface area (TPSA) is 58.6 Å². The third-order valence-electron chi connectivity index (χ3n) is 4.55. The molecule has 2 aromatic rings. The fraction of sp³-hybridized carbons (Fsp3) is 0.333. The zero-order valence-corrected chi connectivity index (χ0v) is 15.0. The lowest BCUT2D eigenvalue weighted by Crippen LogP contribution is -2.30. The number of carbonyl (C=O) groups excluding carboxylic acids is 2. The number of ether oxygens (including phenoxy) is 1. The molecular weight excluding hydrogens is 328 g/mol. The van der Waals surface area contributed by atoms with Crippen LogP contribution in [0.3, 0.4) is 0 Å². The predicted molar refractivity (Wildman–Crippen MR) is 101 cm³/mol. The van der Waals surface area contributed by atoms with Crippen molar-refractivity contribution in [3.05, 3.63) is 59.7 Å². The first kappa shape index (κ1) is 18.0. The van der Waals surface area contributed by atoms with E-state index >= 15 is 0 Å². The van der Waals surface area contributed by atoms with E-state index in [1.54, 1.807) is 11.0 Å². The quantitative estimate of drug-likeness (QED) is 0.834. The van der Waals surface area contributed by atoms with Gasteiger partial charge >= 0.3 is 0 Å². The molecule has 1 saturated heterocycles. The van der Waals surface area contributed by atoms with Crippen LogP contribution in [0.5, 0.6) is 5.75 Å². The lowest BCUT2D eigenvalue weighted by atomic mass is 10.1. The largest absolute Gasteiger partial charge is 0.484 e. The second-order valence-electron chi connectivity index (χ2n) is 6.46. The van der Waals surface area contributed by atoms with Gasteiger partial charge in [-0.3, -0.25) is 9.59 Å². The normalized spacial score (nSPS) is 13.7. The van der Waals surface area contributed by atoms with Crippen LogP contribution < -0.4 is 15.0 Å². The smallest absolute Gasteiger partial charge is 0.257 e. The van der Waals surface area contributed by atoms with Crippen molar-refractivity contribution in [1.82, 2.24) is 5.32 Å². The van der Waals surface area contributed by atoms with E-state index in [1.807, 2.05) is 30.3 Å². The number of carbonyl (C=O) groups is 2. The fourth-order valence-corrected chi connectivity index (χ4v) is 3.09. The van der Waals surface area contributed by atoms with E-state index < -0.39 is 0 Å². The molecule has 0 bridgehead atoms. The van der Waals surface area contributed by atoms with Crippen molar-refractivity contribution in [3.8, 4) is 5.75 Å². The van der Waals surface area contributed by atoms with Gasteiger partial charge in [0.05, 0.1) is 0 Å². The molecule has 0 spiro atoms. The second-order valence-corrected chi connectivity index (χ2v) is 6.46. The Labute approximate surface area is 154 Å². The van der Waals surface area contributed by atoms with Crippen LogP contribution in [0.1, 0.15) is 24.0 Å². The van der Waals surface area contributed by atoms with Crippen LogP contribution in [0.2, 0.25) is 0 Å². The number of hydrogen-bond donors (Lipinski definition) is 1. The van der Waals surface area contributed by atoms with Crippen LogP contribution in [-0.4, -0.2) is 31.5 Å². The van der Waals surface area contributed by atoms with E-state index in [-0.39, 0.29) is 18.4 Å². The number of hydrogen-bond acceptors (Lipinski definition) is 3. The first-order valence-corrected chi connectivity index (χ1v) is 8.98. The number of aryl methyl sites for hydroxylation is 1. The molecule has 0 aliphatic carbocycles. The van der Waals surface area contributed by atoms with Crippen molar-refractivity contribution < 1.29 is 14.3 Å². The Bertz CT molecular complexity index is 788. The molecule has 5 nitrogen and oxygen atoms in total. The number of benzene rings is 2. The van der Waals surface area contributed by atoms with Crippen LogP contribution in [0, 0.1) is 6.92 Å². The summed E-state index contributed by atoms with van der Waals surface area (Å²) in [5.74, 6) is 0.577. The molecule has 136 valence electrons. The van der Waals surface area contributed by atoms with Crippen molar-refractivity contribution in [1.29, 1.82) is 0 Å². The number of rotatable bonds is 7. The van der Waals surface area contributed by atoms with Crippen molar-refractivity contribution in [2.24, 2.45) is 0 Å². The Morgan fingerprint density at radius 1 is 1.19 bits per heavy atom. The predicted octanol–water partition coefficient (Wildman–Crippen LogP) is 2.86. The van der Waals surface area contributed by atoms with E-state index in [1.165, 1.54) is 11.1 Å². The monoisotopic (exact) mass is 352 g/mol. The average Bonchev–Trinajstić information content (AvgIpc) is 3.08. The fourth-order valence-electron chi connectivity index (χ4n) is 3.09. The minimum Gasteiger partial charge on any atom is -0.484 e. The summed E-state index contributed by atoms with van der Waals surface area (Å²) in [4.78, 5) is 25.6. The summed E-state index contributed by atoms with van der Waals surface area (Å²) >= 11 is 0. The lowest BCUT2D eigenvalue weighted by Gasteiger charge is -2.16. The van der Waals surface area contributed by atoms with Gasteiger partial charge in [-0.05, 0) is 43.0 Å².